The minimum absolute atomic E-state index is 0.0520. The van der Waals surface area contributed by atoms with Crippen molar-refractivity contribution in [3.8, 4) is 11.3 Å². The third kappa shape index (κ3) is 5.70. The van der Waals surface area contributed by atoms with E-state index in [4.69, 9.17) is 0 Å². The standard InChI is InChI=1S/C26H35N5O2/c1-3-20(2)18-31(26(33)22-10-7-11-22)19-25(32)30-16-14-29(15-17-30)24-13-12-23(27-28-24)21-8-5-4-6-9-21/h4-6,8-9,12-13,20,22H,3,7,10-11,14-19H2,1-2H3/t20-/m0/s1. The Labute approximate surface area is 196 Å². The Morgan fingerprint density at radius 3 is 2.33 bits per heavy atom. The maximum absolute atomic E-state index is 13.0. The second-order valence-electron chi connectivity index (χ2n) is 9.37. The van der Waals surface area contributed by atoms with Gasteiger partial charge < -0.3 is 14.7 Å². The minimum atomic E-state index is 0.0520. The molecule has 1 aliphatic carbocycles. The van der Waals surface area contributed by atoms with Gasteiger partial charge in [0.25, 0.3) is 0 Å². The monoisotopic (exact) mass is 449 g/mol. The highest BCUT2D eigenvalue weighted by Gasteiger charge is 2.32. The van der Waals surface area contributed by atoms with Gasteiger partial charge >= 0.3 is 0 Å². The van der Waals surface area contributed by atoms with Gasteiger partial charge in [0, 0.05) is 44.2 Å². The molecule has 33 heavy (non-hydrogen) atoms. The molecule has 7 heteroatoms. The molecule has 0 spiro atoms. The van der Waals surface area contributed by atoms with E-state index in [2.05, 4.69) is 28.9 Å². The summed E-state index contributed by atoms with van der Waals surface area (Å²) in [6.45, 7) is 7.85. The van der Waals surface area contributed by atoms with Crippen LogP contribution in [0.4, 0.5) is 5.82 Å². The Hall–Kier alpha value is -2.96. The maximum atomic E-state index is 13.0. The topological polar surface area (TPSA) is 69.6 Å². The Morgan fingerprint density at radius 2 is 1.76 bits per heavy atom. The molecule has 1 atom stereocenters. The number of carbonyl (C=O) groups excluding carboxylic acids is 2. The highest BCUT2D eigenvalue weighted by Crippen LogP contribution is 2.29. The van der Waals surface area contributed by atoms with E-state index >= 15 is 0 Å². The second kappa shape index (κ2) is 10.8. The smallest absolute Gasteiger partial charge is 0.242 e. The van der Waals surface area contributed by atoms with Crippen LogP contribution < -0.4 is 4.90 Å². The van der Waals surface area contributed by atoms with E-state index in [9.17, 15) is 9.59 Å². The molecule has 0 N–H and O–H groups in total. The first kappa shape index (κ1) is 23.2. The summed E-state index contributed by atoms with van der Waals surface area (Å²) in [7, 11) is 0. The molecule has 2 aromatic rings. The SMILES string of the molecule is CC[C@H](C)CN(CC(=O)N1CCN(c2ccc(-c3ccccc3)nn2)CC1)C(=O)C1CCC1. The van der Waals surface area contributed by atoms with Gasteiger partial charge in [-0.15, -0.1) is 10.2 Å². The lowest BCUT2D eigenvalue weighted by Gasteiger charge is -2.37. The average Bonchev–Trinajstić information content (AvgIpc) is 2.83. The largest absolute Gasteiger partial charge is 0.352 e. The molecule has 1 aromatic carbocycles. The van der Waals surface area contributed by atoms with Crippen molar-refractivity contribution in [1.82, 2.24) is 20.0 Å². The molecule has 0 radical (unpaired) electrons. The number of hydrogen-bond donors (Lipinski definition) is 0. The van der Waals surface area contributed by atoms with Gasteiger partial charge in [0.1, 0.15) is 0 Å². The zero-order chi connectivity index (χ0) is 23.2. The van der Waals surface area contributed by atoms with Crippen LogP contribution in [-0.2, 0) is 9.59 Å². The van der Waals surface area contributed by atoms with Crippen LogP contribution in [-0.4, -0.2) is 71.1 Å². The van der Waals surface area contributed by atoms with Crippen molar-refractivity contribution >= 4 is 17.6 Å². The molecule has 7 nitrogen and oxygen atoms in total. The second-order valence-corrected chi connectivity index (χ2v) is 9.37. The number of piperazine rings is 1. The lowest BCUT2D eigenvalue weighted by atomic mass is 9.84. The number of amides is 2. The van der Waals surface area contributed by atoms with Crippen molar-refractivity contribution in [2.75, 3.05) is 44.2 Å². The summed E-state index contributed by atoms with van der Waals surface area (Å²) in [4.78, 5) is 31.8. The molecule has 1 saturated carbocycles. The fourth-order valence-corrected chi connectivity index (χ4v) is 4.36. The lowest BCUT2D eigenvalue weighted by molar-refractivity contribution is -0.145. The molecule has 4 rings (SSSR count). The molecule has 176 valence electrons. The number of carbonyl (C=O) groups is 2. The van der Waals surface area contributed by atoms with Gasteiger partial charge in [-0.2, -0.15) is 0 Å². The van der Waals surface area contributed by atoms with Crippen LogP contribution in [0, 0.1) is 11.8 Å². The third-order valence-electron chi connectivity index (χ3n) is 7.00. The molecular weight excluding hydrogens is 414 g/mol. The van der Waals surface area contributed by atoms with Gasteiger partial charge in [-0.25, -0.2) is 0 Å². The first-order chi connectivity index (χ1) is 16.0. The number of rotatable bonds is 8. The van der Waals surface area contributed by atoms with E-state index in [1.54, 1.807) is 0 Å². The number of hydrogen-bond acceptors (Lipinski definition) is 5. The predicted molar refractivity (Wildman–Crippen MR) is 130 cm³/mol. The highest BCUT2D eigenvalue weighted by atomic mass is 16.2. The summed E-state index contributed by atoms with van der Waals surface area (Å²) in [5.74, 6) is 1.58. The molecule has 1 aromatic heterocycles. The van der Waals surface area contributed by atoms with Crippen molar-refractivity contribution in [3.63, 3.8) is 0 Å². The van der Waals surface area contributed by atoms with Crippen LogP contribution in [0.25, 0.3) is 11.3 Å². The number of nitrogens with zero attached hydrogens (tertiary/aromatic N) is 5. The molecule has 2 fully saturated rings. The number of aromatic nitrogens is 2. The summed E-state index contributed by atoms with van der Waals surface area (Å²) in [5, 5.41) is 8.80. The van der Waals surface area contributed by atoms with Crippen LogP contribution in [0.3, 0.4) is 0 Å². The zero-order valence-corrected chi connectivity index (χ0v) is 19.8. The Bertz CT molecular complexity index is 921. The first-order valence-electron chi connectivity index (χ1n) is 12.3. The zero-order valence-electron chi connectivity index (χ0n) is 19.8. The molecule has 0 unspecified atom stereocenters. The number of benzene rings is 1. The summed E-state index contributed by atoms with van der Waals surface area (Å²) in [6.07, 6.45) is 4.06. The van der Waals surface area contributed by atoms with E-state index in [0.29, 0.717) is 38.6 Å². The van der Waals surface area contributed by atoms with Gasteiger partial charge in [-0.1, -0.05) is 57.0 Å². The highest BCUT2D eigenvalue weighted by molar-refractivity contribution is 5.86. The average molecular weight is 450 g/mol. The van der Waals surface area contributed by atoms with E-state index in [0.717, 1.165) is 42.8 Å². The fourth-order valence-electron chi connectivity index (χ4n) is 4.36. The van der Waals surface area contributed by atoms with Crippen LogP contribution in [0.5, 0.6) is 0 Å². The molecule has 1 aliphatic heterocycles. The Morgan fingerprint density at radius 1 is 1.03 bits per heavy atom. The molecule has 1 saturated heterocycles. The minimum Gasteiger partial charge on any atom is -0.352 e. The molecule has 2 heterocycles. The lowest BCUT2D eigenvalue weighted by Crippen LogP contribution is -2.53. The van der Waals surface area contributed by atoms with E-state index in [1.165, 1.54) is 0 Å². The first-order valence-corrected chi connectivity index (χ1v) is 12.3. The van der Waals surface area contributed by atoms with Crippen molar-refractivity contribution in [2.24, 2.45) is 11.8 Å². The molecule has 0 bridgehead atoms. The summed E-state index contributed by atoms with van der Waals surface area (Å²) < 4.78 is 0. The quantitative estimate of drug-likeness (QED) is 0.617. The van der Waals surface area contributed by atoms with Gasteiger partial charge in [-0.05, 0) is 30.9 Å². The van der Waals surface area contributed by atoms with Gasteiger partial charge in [-0.3, -0.25) is 9.59 Å². The summed E-state index contributed by atoms with van der Waals surface area (Å²) in [6, 6.07) is 14.0. The van der Waals surface area contributed by atoms with E-state index < -0.39 is 0 Å². The van der Waals surface area contributed by atoms with Crippen molar-refractivity contribution in [1.29, 1.82) is 0 Å². The van der Waals surface area contributed by atoms with Crippen molar-refractivity contribution in [2.45, 2.75) is 39.5 Å². The normalized spacial score (nSPS) is 17.4. The summed E-state index contributed by atoms with van der Waals surface area (Å²) >= 11 is 0. The molecule has 2 amide bonds. The van der Waals surface area contributed by atoms with Gasteiger partial charge in [0.05, 0.1) is 12.2 Å². The van der Waals surface area contributed by atoms with Gasteiger partial charge in [0.15, 0.2) is 5.82 Å². The van der Waals surface area contributed by atoms with E-state index in [-0.39, 0.29) is 24.3 Å². The van der Waals surface area contributed by atoms with Gasteiger partial charge in [0.2, 0.25) is 11.8 Å². The number of anilines is 1. The van der Waals surface area contributed by atoms with Crippen LogP contribution in [0.2, 0.25) is 0 Å². The third-order valence-corrected chi connectivity index (χ3v) is 7.00. The van der Waals surface area contributed by atoms with Crippen LogP contribution in [0.1, 0.15) is 39.5 Å². The van der Waals surface area contributed by atoms with Crippen molar-refractivity contribution < 1.29 is 9.59 Å². The van der Waals surface area contributed by atoms with Crippen molar-refractivity contribution in [3.05, 3.63) is 42.5 Å². The molecular formula is C26H35N5O2. The summed E-state index contributed by atoms with van der Waals surface area (Å²) in [5.41, 5.74) is 1.90. The fraction of sp³-hybridized carbons (Fsp3) is 0.538. The molecule has 2 aliphatic rings. The Balaban J connectivity index is 1.31. The van der Waals surface area contributed by atoms with Crippen LogP contribution in [0.15, 0.2) is 42.5 Å². The predicted octanol–water partition coefficient (Wildman–Crippen LogP) is 3.47. The maximum Gasteiger partial charge on any atom is 0.242 e. The van der Waals surface area contributed by atoms with E-state index in [1.807, 2.05) is 52.3 Å². The Kier molecular flexibility index (Phi) is 7.57. The van der Waals surface area contributed by atoms with Crippen LogP contribution >= 0.6 is 0 Å².